The molecule has 0 N–H and O–H groups in total. The summed E-state index contributed by atoms with van der Waals surface area (Å²) in [6, 6.07) is 53.2. The quantitative estimate of drug-likeness (QED) is 0.115. The molecule has 4 heterocycles. The Bertz CT molecular complexity index is 5650. The van der Waals surface area contributed by atoms with Crippen LogP contribution in [0, 0.1) is 81.3 Å². The Morgan fingerprint density at radius 2 is 0.708 bits per heavy atom. The lowest BCUT2D eigenvalue weighted by Gasteiger charge is -2.17. The molecule has 0 bridgehead atoms. The molecule has 0 saturated heterocycles. The normalized spacial score (nSPS) is 15.1. The molecule has 0 aliphatic carbocycles. The van der Waals surface area contributed by atoms with Crippen LogP contribution in [0.1, 0.15) is 141 Å². The molecular formula is C92H104N4+4. The van der Waals surface area contributed by atoms with E-state index in [0.717, 1.165) is 56.8 Å². The van der Waals surface area contributed by atoms with Gasteiger partial charge in [-0.2, -0.15) is 0 Å². The maximum Gasteiger partial charge on any atom is 0.212 e. The van der Waals surface area contributed by atoms with Crippen molar-refractivity contribution in [2.75, 3.05) is 0 Å². The Morgan fingerprint density at radius 1 is 0.344 bits per heavy atom. The molecule has 8 aromatic carbocycles. The zero-order valence-corrected chi connectivity index (χ0v) is 58.5. The highest BCUT2D eigenvalue weighted by atomic mass is 14.9. The van der Waals surface area contributed by atoms with Gasteiger partial charge in [0, 0.05) is 90.7 Å². The monoisotopic (exact) mass is 1290 g/mol. The number of hydrogen-bond acceptors (Lipinski definition) is 0. The van der Waals surface area contributed by atoms with Crippen molar-refractivity contribution in [3.05, 3.63) is 309 Å². The Labute approximate surface area is 606 Å². The first kappa shape index (κ1) is 47.3. The molecule has 12 aromatic rings. The van der Waals surface area contributed by atoms with Crippen LogP contribution in [0.3, 0.4) is 0 Å². The minimum absolute atomic E-state index is 0.00694. The van der Waals surface area contributed by atoms with Crippen molar-refractivity contribution < 1.29 is 47.1 Å². The summed E-state index contributed by atoms with van der Waals surface area (Å²) in [6.07, 6.45) is 5.54. The lowest BCUT2D eigenvalue weighted by Crippen LogP contribution is -2.32. The molecule has 4 aromatic heterocycles. The number of hydrogen-bond donors (Lipinski definition) is 0. The molecule has 0 saturated carbocycles. The molecule has 0 atom stereocenters. The summed E-state index contributed by atoms with van der Waals surface area (Å²) < 4.78 is 176. The fraction of sp³-hybridized carbons (Fsp3) is 0.261. The Hall–Kier alpha value is -9.64. The summed E-state index contributed by atoms with van der Waals surface area (Å²) in [5.41, 5.74) is 22.9. The van der Waals surface area contributed by atoms with Crippen molar-refractivity contribution in [3.8, 4) is 89.5 Å². The fourth-order valence-corrected chi connectivity index (χ4v) is 12.3. The minimum Gasteiger partial charge on any atom is -0.201 e. The highest BCUT2D eigenvalue weighted by Gasteiger charge is 2.22. The molecular weight excluding hydrogens is 1160 g/mol. The van der Waals surface area contributed by atoms with Crippen LogP contribution in [0.5, 0.6) is 0 Å². The molecule has 0 aliphatic heterocycles. The van der Waals surface area contributed by atoms with Crippen molar-refractivity contribution in [3.63, 3.8) is 0 Å². The minimum atomic E-state index is -2.60. The predicted octanol–water partition coefficient (Wildman–Crippen LogP) is 21.5. The third-order valence-electron chi connectivity index (χ3n) is 17.3. The standard InChI is InChI=1S/C25H30N.2C23H26N.C21H22N/c1-18-14-19(2)23(15-22(18)21-10-8-7-9-11-21)24-13-12-20(17-26(24)6)16-25(3,4)5;2*1-6-19-15-24(5)23(13-16(19)2)22-14-21(17(3)12-18(22)4)20-10-8-7-9-11-20;1-15-10-11-21(22(4)14-15)20-13-19(16(2)12-17(20)3)18-8-6-5-7-9-18/h7-15,17H,16H2,1-6H3;2*7-15H,6H2,1-5H3;5-14H,1-4H3/q4*+1/i1D3,16D2;3D3,6D2;;1D3,2D3,5D,6D,7D,8D,9D. The van der Waals surface area contributed by atoms with Crippen LogP contribution in [-0.4, -0.2) is 0 Å². The second-order valence-electron chi connectivity index (χ2n) is 25.9. The molecule has 0 spiro atoms. The maximum absolute atomic E-state index is 8.57. The Balaban J connectivity index is 0.000000179. The SMILES string of the molecule is CCc1c[n+](C)c(-c2cc(-c3ccccc3)c(C)cc2C)cc1C.[2H]C([2H])([2H])c1cc(C)c(-c2cc(C)c(C([2H])([2H])C)c[n+]2C)cc1-c1ccccc1.[2H]C([2H])([2H])c1cc(C)c(-c2ccc(C([2H])([2H])C(C)(C)C)c[n+]2C)cc1-c1ccccc1.[2H]c1c([2H])c([2H])c(-c2cc(-c3ccc(C([2H])([2H])[2H])c[n+]3C)c(C)cc2C([2H])([2H])[2H])c([2H])c1[2H]. The second kappa shape index (κ2) is 31.3. The number of nitrogens with zero attached hydrogens (tertiary/aromatic N) is 4. The summed E-state index contributed by atoms with van der Waals surface area (Å²) in [7, 11) is 7.60. The van der Waals surface area contributed by atoms with Crippen molar-refractivity contribution in [1.82, 2.24) is 0 Å². The van der Waals surface area contributed by atoms with E-state index < -0.39 is 75.8 Å². The Morgan fingerprint density at radius 3 is 1.10 bits per heavy atom. The van der Waals surface area contributed by atoms with E-state index in [1.807, 2.05) is 168 Å². The van der Waals surface area contributed by atoms with Crippen molar-refractivity contribution in [2.45, 2.75) is 130 Å². The van der Waals surface area contributed by atoms with E-state index in [2.05, 4.69) is 94.0 Å². The summed E-state index contributed by atoms with van der Waals surface area (Å²) in [4.78, 5) is 0. The van der Waals surface area contributed by atoms with E-state index in [0.29, 0.717) is 50.2 Å². The van der Waals surface area contributed by atoms with Crippen LogP contribution < -0.4 is 18.3 Å². The van der Waals surface area contributed by atoms with Crippen LogP contribution >= 0.6 is 0 Å². The number of aryl methyl sites for hydroxylation is 17. The first-order chi connectivity index (χ1) is 54.2. The highest BCUT2D eigenvalue weighted by Crippen LogP contribution is 2.36. The van der Waals surface area contributed by atoms with Crippen LogP contribution in [0.15, 0.2) is 231 Å². The molecule has 4 nitrogen and oxygen atoms in total. The predicted molar refractivity (Wildman–Crippen MR) is 408 cm³/mol. The van der Waals surface area contributed by atoms with E-state index >= 15 is 0 Å². The second-order valence-corrected chi connectivity index (χ2v) is 25.9. The van der Waals surface area contributed by atoms with E-state index in [-0.39, 0.29) is 22.3 Å². The van der Waals surface area contributed by atoms with Gasteiger partial charge in [-0.1, -0.05) is 180 Å². The lowest BCUT2D eigenvalue weighted by atomic mass is 9.88. The summed E-state index contributed by atoms with van der Waals surface area (Å²) in [5, 5.41) is 0. The highest BCUT2D eigenvalue weighted by molar-refractivity contribution is 5.79. The molecule has 4 heteroatoms. The average molecular weight is 1290 g/mol. The molecule has 0 fully saturated rings. The third-order valence-corrected chi connectivity index (χ3v) is 17.3. The third kappa shape index (κ3) is 17.1. The van der Waals surface area contributed by atoms with Gasteiger partial charge in [-0.25, -0.2) is 18.3 Å². The number of pyridine rings is 4. The molecule has 0 unspecified atom stereocenters. The molecule has 12 rings (SSSR count). The molecule has 96 heavy (non-hydrogen) atoms. The van der Waals surface area contributed by atoms with E-state index in [1.165, 1.54) is 69.0 Å². The molecule has 488 valence electrons. The first-order valence-corrected chi connectivity index (χ1v) is 32.5. The van der Waals surface area contributed by atoms with Gasteiger partial charge >= 0.3 is 0 Å². The fourth-order valence-electron chi connectivity index (χ4n) is 12.3. The van der Waals surface area contributed by atoms with Gasteiger partial charge in [0.1, 0.15) is 28.2 Å². The Kier molecular flexibility index (Phi) is 15.4. The van der Waals surface area contributed by atoms with Gasteiger partial charge in [0.05, 0.1) is 6.85 Å². The topological polar surface area (TPSA) is 15.5 Å². The largest absolute Gasteiger partial charge is 0.212 e. The number of benzene rings is 8. The van der Waals surface area contributed by atoms with Gasteiger partial charge in [0.15, 0.2) is 24.8 Å². The van der Waals surface area contributed by atoms with Crippen molar-refractivity contribution in [1.29, 1.82) is 0 Å². The average Bonchev–Trinajstić information content (AvgIpc) is 0.752. The van der Waals surface area contributed by atoms with Gasteiger partial charge in [-0.15, -0.1) is 0 Å². The van der Waals surface area contributed by atoms with Crippen molar-refractivity contribution >= 4 is 0 Å². The van der Waals surface area contributed by atoms with Gasteiger partial charge in [0.25, 0.3) is 0 Å². The van der Waals surface area contributed by atoms with Gasteiger partial charge in [0.2, 0.25) is 22.8 Å². The van der Waals surface area contributed by atoms with Crippen LogP contribution in [0.2, 0.25) is 0 Å². The summed E-state index contributed by atoms with van der Waals surface area (Å²) >= 11 is 0. The van der Waals surface area contributed by atoms with Gasteiger partial charge in [-0.3, -0.25) is 0 Å². The number of aromatic nitrogens is 4. The first-order valence-electron chi connectivity index (χ1n) is 43.0. The van der Waals surface area contributed by atoms with Crippen LogP contribution in [0.4, 0.5) is 0 Å². The van der Waals surface area contributed by atoms with E-state index in [9.17, 15) is 0 Å². The van der Waals surface area contributed by atoms with Gasteiger partial charge in [-0.05, 0) is 237 Å². The maximum atomic E-state index is 8.57. The van der Waals surface area contributed by atoms with Crippen LogP contribution in [0.25, 0.3) is 89.5 Å². The zero-order valence-electron chi connectivity index (χ0n) is 79.5. The molecule has 0 amide bonds. The molecule has 0 aliphatic rings. The number of rotatable bonds is 11. The van der Waals surface area contributed by atoms with Gasteiger partial charge < -0.3 is 0 Å². The summed E-state index contributed by atoms with van der Waals surface area (Å²) in [6.45, 7) is 14.2. The van der Waals surface area contributed by atoms with E-state index in [4.69, 9.17) is 28.8 Å². The van der Waals surface area contributed by atoms with Crippen molar-refractivity contribution in [2.24, 2.45) is 33.6 Å². The smallest absolute Gasteiger partial charge is 0.201 e. The zero-order chi connectivity index (χ0) is 87.1. The molecule has 0 radical (unpaired) electrons. The lowest BCUT2D eigenvalue weighted by molar-refractivity contribution is -0.661. The summed E-state index contributed by atoms with van der Waals surface area (Å²) in [5.74, 6) is 0. The van der Waals surface area contributed by atoms with E-state index in [1.54, 1.807) is 43.7 Å². The van der Waals surface area contributed by atoms with Crippen LogP contribution in [-0.2, 0) is 47.4 Å².